The minimum atomic E-state index is -3.48. The highest BCUT2D eigenvalue weighted by molar-refractivity contribution is 7.89. The van der Waals surface area contributed by atoms with E-state index < -0.39 is 10.0 Å². The number of fused-ring (bicyclic) bond motifs is 1. The number of amides is 2. The van der Waals surface area contributed by atoms with Gasteiger partial charge in [0, 0.05) is 0 Å². The number of hydrogen-bond acceptors (Lipinski definition) is 4. The van der Waals surface area contributed by atoms with Gasteiger partial charge >= 0.3 is 0 Å². The van der Waals surface area contributed by atoms with Crippen molar-refractivity contribution in [1.82, 2.24) is 9.21 Å². The Bertz CT molecular complexity index is 795. The SMILES string of the molecule is O=C1[C@@H]2CCCC[C@H]2C(=O)N1C[NH+]1CCN(S(=O)(=O)c2ccccc2)CC1. The summed E-state index contributed by atoms with van der Waals surface area (Å²) in [4.78, 5) is 28.1. The Labute approximate surface area is 160 Å². The number of sulfonamides is 1. The van der Waals surface area contributed by atoms with Crippen molar-refractivity contribution < 1.29 is 22.9 Å². The normalized spacial score (nSPS) is 27.8. The van der Waals surface area contributed by atoms with Gasteiger partial charge in [0.1, 0.15) is 0 Å². The molecule has 27 heavy (non-hydrogen) atoms. The van der Waals surface area contributed by atoms with Gasteiger partial charge in [0.05, 0.1) is 42.9 Å². The number of carbonyl (C=O) groups is 2. The van der Waals surface area contributed by atoms with Crippen LogP contribution in [0.25, 0.3) is 0 Å². The van der Waals surface area contributed by atoms with Crippen LogP contribution in [0.5, 0.6) is 0 Å². The topological polar surface area (TPSA) is 79.2 Å². The first-order valence-corrected chi connectivity index (χ1v) is 11.2. The molecule has 0 aromatic heterocycles. The number of hydrogen-bond donors (Lipinski definition) is 1. The Balaban J connectivity index is 1.37. The van der Waals surface area contributed by atoms with Gasteiger partial charge in [-0.1, -0.05) is 31.0 Å². The second-order valence-corrected chi connectivity index (χ2v) is 9.67. The van der Waals surface area contributed by atoms with E-state index in [4.69, 9.17) is 0 Å². The maximum Gasteiger partial charge on any atom is 0.243 e. The molecule has 146 valence electrons. The highest BCUT2D eigenvalue weighted by Crippen LogP contribution is 2.37. The van der Waals surface area contributed by atoms with E-state index in [1.807, 2.05) is 0 Å². The summed E-state index contributed by atoms with van der Waals surface area (Å²) >= 11 is 0. The zero-order chi connectivity index (χ0) is 19.0. The van der Waals surface area contributed by atoms with E-state index in [0.29, 0.717) is 37.7 Å². The molecule has 0 bridgehead atoms. The van der Waals surface area contributed by atoms with Crippen molar-refractivity contribution in [2.75, 3.05) is 32.8 Å². The lowest BCUT2D eigenvalue weighted by Gasteiger charge is -2.33. The summed E-state index contributed by atoms with van der Waals surface area (Å²) in [5.74, 6) is -0.274. The average molecular weight is 393 g/mol. The Morgan fingerprint density at radius 1 is 0.926 bits per heavy atom. The van der Waals surface area contributed by atoms with Crippen molar-refractivity contribution in [2.45, 2.75) is 30.6 Å². The molecule has 1 aromatic carbocycles. The summed E-state index contributed by atoms with van der Waals surface area (Å²) in [5, 5.41) is 0. The monoisotopic (exact) mass is 392 g/mol. The van der Waals surface area contributed by atoms with Crippen molar-refractivity contribution >= 4 is 21.8 Å². The van der Waals surface area contributed by atoms with Crippen molar-refractivity contribution in [2.24, 2.45) is 11.8 Å². The number of carbonyl (C=O) groups excluding carboxylic acids is 2. The second-order valence-electron chi connectivity index (χ2n) is 7.73. The predicted molar refractivity (Wildman–Crippen MR) is 98.1 cm³/mol. The fraction of sp³-hybridized carbons (Fsp3) is 0.579. The molecular weight excluding hydrogens is 366 g/mol. The molecule has 2 saturated heterocycles. The third-order valence-corrected chi connectivity index (χ3v) is 8.04. The Hall–Kier alpha value is -1.77. The number of piperazine rings is 1. The van der Waals surface area contributed by atoms with Gasteiger partial charge in [-0.25, -0.2) is 13.3 Å². The summed E-state index contributed by atoms with van der Waals surface area (Å²) in [7, 11) is -3.48. The molecule has 7 nitrogen and oxygen atoms in total. The minimum Gasteiger partial charge on any atom is -0.315 e. The van der Waals surface area contributed by atoms with Crippen molar-refractivity contribution in [3.8, 4) is 0 Å². The maximum atomic E-state index is 12.7. The molecular formula is C19H26N3O4S+. The highest BCUT2D eigenvalue weighted by atomic mass is 32.2. The summed E-state index contributed by atoms with van der Waals surface area (Å²) in [5.41, 5.74) is 0. The fourth-order valence-corrected chi connectivity index (χ4v) is 6.02. The van der Waals surface area contributed by atoms with Crippen LogP contribution in [-0.4, -0.2) is 62.3 Å². The van der Waals surface area contributed by atoms with Gasteiger partial charge < -0.3 is 4.90 Å². The van der Waals surface area contributed by atoms with E-state index in [0.717, 1.165) is 30.6 Å². The van der Waals surface area contributed by atoms with Gasteiger partial charge in [-0.15, -0.1) is 0 Å². The summed E-state index contributed by atoms with van der Waals surface area (Å²) in [6.45, 7) is 2.35. The largest absolute Gasteiger partial charge is 0.315 e. The third kappa shape index (κ3) is 3.41. The third-order valence-electron chi connectivity index (χ3n) is 6.12. The quantitative estimate of drug-likeness (QED) is 0.714. The molecule has 2 atom stereocenters. The minimum absolute atomic E-state index is 0.0171. The number of quaternary nitrogens is 1. The Morgan fingerprint density at radius 2 is 1.48 bits per heavy atom. The number of likely N-dealkylation sites (tertiary alicyclic amines) is 1. The van der Waals surface area contributed by atoms with Crippen LogP contribution in [0.15, 0.2) is 35.2 Å². The van der Waals surface area contributed by atoms with E-state index in [1.54, 1.807) is 30.3 Å². The van der Waals surface area contributed by atoms with Crippen LogP contribution in [0.4, 0.5) is 0 Å². The standard InChI is InChI=1S/C19H25N3O4S/c23-18-16-8-4-5-9-17(16)19(24)22(18)14-20-10-12-21(13-11-20)27(25,26)15-6-2-1-3-7-15/h1-3,6-7,16-17H,4-5,8-14H2/p+1/t16-,17-/m1/s1. The number of rotatable bonds is 4. The lowest BCUT2D eigenvalue weighted by molar-refractivity contribution is -0.910. The number of nitrogens with one attached hydrogen (secondary N) is 1. The Morgan fingerprint density at radius 3 is 2.04 bits per heavy atom. The zero-order valence-corrected chi connectivity index (χ0v) is 16.2. The van der Waals surface area contributed by atoms with Gasteiger partial charge in [-0.2, -0.15) is 4.31 Å². The molecule has 1 N–H and O–H groups in total. The zero-order valence-electron chi connectivity index (χ0n) is 15.3. The molecule has 2 amide bonds. The van der Waals surface area contributed by atoms with Gasteiger partial charge in [-0.05, 0) is 25.0 Å². The first-order valence-electron chi connectivity index (χ1n) is 9.72. The molecule has 0 radical (unpaired) electrons. The first-order chi connectivity index (χ1) is 13.0. The molecule has 0 spiro atoms. The summed E-state index contributed by atoms with van der Waals surface area (Å²) in [6.07, 6.45) is 3.70. The van der Waals surface area contributed by atoms with Gasteiger partial charge in [0.15, 0.2) is 6.67 Å². The molecule has 3 fully saturated rings. The van der Waals surface area contributed by atoms with Gasteiger partial charge in [0.25, 0.3) is 0 Å². The molecule has 2 heterocycles. The lowest BCUT2D eigenvalue weighted by Crippen LogP contribution is -3.16. The molecule has 1 aliphatic carbocycles. The fourth-order valence-electron chi connectivity index (χ4n) is 4.55. The summed E-state index contributed by atoms with van der Waals surface area (Å²) in [6, 6.07) is 8.45. The second kappa shape index (κ2) is 7.33. The average Bonchev–Trinajstić information content (AvgIpc) is 2.94. The van der Waals surface area contributed by atoms with Crippen LogP contribution < -0.4 is 4.90 Å². The van der Waals surface area contributed by atoms with Gasteiger partial charge in [-0.3, -0.25) is 9.59 Å². The molecule has 1 saturated carbocycles. The molecule has 8 heteroatoms. The van der Waals surface area contributed by atoms with Crippen LogP contribution in [0.1, 0.15) is 25.7 Å². The van der Waals surface area contributed by atoms with Crippen LogP contribution >= 0.6 is 0 Å². The van der Waals surface area contributed by atoms with E-state index in [-0.39, 0.29) is 23.7 Å². The first kappa shape index (κ1) is 18.6. The molecule has 4 rings (SSSR count). The molecule has 1 aromatic rings. The maximum absolute atomic E-state index is 12.7. The van der Waals surface area contributed by atoms with Crippen molar-refractivity contribution in [3.05, 3.63) is 30.3 Å². The number of nitrogens with zero attached hydrogens (tertiary/aromatic N) is 2. The van der Waals surface area contributed by atoms with E-state index in [1.165, 1.54) is 9.21 Å². The van der Waals surface area contributed by atoms with Crippen LogP contribution in [0.3, 0.4) is 0 Å². The van der Waals surface area contributed by atoms with E-state index in [9.17, 15) is 18.0 Å². The molecule has 0 unspecified atom stereocenters. The number of benzene rings is 1. The highest BCUT2D eigenvalue weighted by Gasteiger charge is 2.49. The van der Waals surface area contributed by atoms with Crippen LogP contribution in [0, 0.1) is 11.8 Å². The molecule has 3 aliphatic rings. The predicted octanol–water partition coefficient (Wildman–Crippen LogP) is -0.291. The lowest BCUT2D eigenvalue weighted by atomic mass is 9.81. The molecule has 2 aliphatic heterocycles. The van der Waals surface area contributed by atoms with Gasteiger partial charge in [0.2, 0.25) is 21.8 Å². The van der Waals surface area contributed by atoms with Crippen molar-refractivity contribution in [1.29, 1.82) is 0 Å². The summed E-state index contributed by atoms with van der Waals surface area (Å²) < 4.78 is 26.9. The van der Waals surface area contributed by atoms with Crippen LogP contribution in [-0.2, 0) is 19.6 Å². The smallest absolute Gasteiger partial charge is 0.243 e. The Kier molecular flexibility index (Phi) is 5.05. The van der Waals surface area contributed by atoms with Crippen LogP contribution in [0.2, 0.25) is 0 Å². The number of imide groups is 1. The van der Waals surface area contributed by atoms with Crippen molar-refractivity contribution in [3.63, 3.8) is 0 Å². The van der Waals surface area contributed by atoms with E-state index in [2.05, 4.69) is 0 Å². The van der Waals surface area contributed by atoms with E-state index >= 15 is 0 Å².